The fourth-order valence-corrected chi connectivity index (χ4v) is 9.15. The highest BCUT2D eigenvalue weighted by Crippen LogP contribution is 2.30. The maximum atomic E-state index is 14.5. The molecule has 8 amide bonds. The first-order valence-electron chi connectivity index (χ1n) is 24.3. The molecule has 0 aliphatic carbocycles. The number of rotatable bonds is 29. The first kappa shape index (κ1) is 57.0. The molecular formula is C50H79N7O11. The van der Waals surface area contributed by atoms with Crippen molar-refractivity contribution in [2.75, 3.05) is 47.4 Å². The number of likely N-dealkylation sites (N-methyl/N-ethyl adjacent to an activating group) is 1. The molecule has 2 aliphatic rings. The Hall–Kier alpha value is -5.36. The predicted octanol–water partition coefficient (Wildman–Crippen LogP) is 4.16. The zero-order valence-corrected chi connectivity index (χ0v) is 42.0. The fraction of sp³-hybridized carbons (Fsp3) is 0.680. The van der Waals surface area contributed by atoms with E-state index in [1.807, 2.05) is 47.6 Å². The summed E-state index contributed by atoms with van der Waals surface area (Å²) in [6, 6.07) is 5.34. The van der Waals surface area contributed by atoms with E-state index < -0.39 is 60.2 Å². The predicted molar refractivity (Wildman–Crippen MR) is 257 cm³/mol. The Labute approximate surface area is 403 Å². The van der Waals surface area contributed by atoms with Gasteiger partial charge in [-0.3, -0.25) is 33.7 Å². The van der Waals surface area contributed by atoms with Crippen LogP contribution in [0.25, 0.3) is 0 Å². The molecule has 1 aromatic rings. The number of carboxylic acid groups (broad SMARTS) is 1. The second kappa shape index (κ2) is 28.2. The van der Waals surface area contributed by atoms with E-state index in [9.17, 15) is 43.5 Å². The lowest BCUT2D eigenvalue weighted by atomic mass is 9.89. The van der Waals surface area contributed by atoms with Crippen LogP contribution in [0, 0.1) is 17.8 Å². The molecule has 18 heteroatoms. The Balaban J connectivity index is 1.62. The lowest BCUT2D eigenvalue weighted by Crippen LogP contribution is -2.59. The molecule has 0 unspecified atom stereocenters. The second-order valence-corrected chi connectivity index (χ2v) is 18.8. The number of nitrogens with zero attached hydrogens (tertiary/aromatic N) is 4. The van der Waals surface area contributed by atoms with E-state index in [1.54, 1.807) is 52.9 Å². The number of ether oxygens (including phenoxy) is 2. The number of hydrogen-bond donors (Lipinski definition) is 4. The van der Waals surface area contributed by atoms with Crippen molar-refractivity contribution in [3.05, 3.63) is 48.0 Å². The highest BCUT2D eigenvalue weighted by Gasteiger charge is 2.43. The third-order valence-electron chi connectivity index (χ3n) is 13.3. The van der Waals surface area contributed by atoms with E-state index in [-0.39, 0.29) is 60.3 Å². The molecular weight excluding hydrogens is 875 g/mol. The first-order chi connectivity index (χ1) is 32.3. The molecule has 1 fully saturated rings. The topological polar surface area (TPSA) is 224 Å². The smallest absolute Gasteiger partial charge is 0.326 e. The summed E-state index contributed by atoms with van der Waals surface area (Å²) >= 11 is 0. The summed E-state index contributed by atoms with van der Waals surface area (Å²) < 4.78 is 11.9. The van der Waals surface area contributed by atoms with Crippen molar-refractivity contribution in [1.82, 2.24) is 35.6 Å². The molecule has 2 aliphatic heterocycles. The minimum atomic E-state index is -1.16. The SMILES string of the molecule is CC[C@H](C)[C@@H]([C@@H](CC(=O)N1CCC[C@H]1[C@H](OC)[C@@H](C)C(=O)N[C@@H](Cc1ccccc1)C(=O)O)OC)N(C)C(=O)[C@@H](NC(=O)N(CCCNC(=O)CCCCCN1C(=O)C=CC1=O)C(C)C)C(C)C. The molecule has 68 heavy (non-hydrogen) atoms. The van der Waals surface area contributed by atoms with Gasteiger partial charge in [0.05, 0.1) is 36.6 Å². The Kier molecular flexibility index (Phi) is 23.6. The summed E-state index contributed by atoms with van der Waals surface area (Å²) in [5.74, 6) is -4.16. The molecule has 4 N–H and O–H groups in total. The Morgan fingerprint density at radius 1 is 0.882 bits per heavy atom. The minimum absolute atomic E-state index is 0.0633. The number of carbonyl (C=O) groups is 8. The summed E-state index contributed by atoms with van der Waals surface area (Å²) in [6.45, 7) is 14.6. The largest absolute Gasteiger partial charge is 0.480 e. The number of urea groups is 1. The van der Waals surface area contributed by atoms with Crippen molar-refractivity contribution in [3.8, 4) is 0 Å². The molecule has 1 aromatic carbocycles. The van der Waals surface area contributed by atoms with E-state index in [0.717, 1.165) is 5.56 Å². The number of imide groups is 1. The first-order valence-corrected chi connectivity index (χ1v) is 24.3. The third kappa shape index (κ3) is 16.4. The molecule has 1 saturated heterocycles. The normalized spacial score (nSPS) is 17.9. The van der Waals surface area contributed by atoms with Gasteiger partial charge in [0.25, 0.3) is 11.8 Å². The zero-order valence-electron chi connectivity index (χ0n) is 42.0. The van der Waals surface area contributed by atoms with Crippen molar-refractivity contribution in [2.24, 2.45) is 17.8 Å². The van der Waals surface area contributed by atoms with Gasteiger partial charge in [0.1, 0.15) is 12.1 Å². The van der Waals surface area contributed by atoms with Crippen LogP contribution in [-0.4, -0.2) is 162 Å². The third-order valence-corrected chi connectivity index (χ3v) is 13.3. The van der Waals surface area contributed by atoms with Gasteiger partial charge in [-0.1, -0.05) is 77.8 Å². The average Bonchev–Trinajstić information content (AvgIpc) is 3.92. The lowest BCUT2D eigenvalue weighted by Gasteiger charge is -2.41. The van der Waals surface area contributed by atoms with Gasteiger partial charge >= 0.3 is 12.0 Å². The van der Waals surface area contributed by atoms with Crippen molar-refractivity contribution in [2.45, 2.75) is 155 Å². The molecule has 0 spiro atoms. The fourth-order valence-electron chi connectivity index (χ4n) is 9.15. The molecule has 0 bridgehead atoms. The number of likely N-dealkylation sites (tertiary alicyclic amines) is 1. The molecule has 0 saturated carbocycles. The van der Waals surface area contributed by atoms with Crippen LogP contribution >= 0.6 is 0 Å². The number of methoxy groups -OCH3 is 2. The summed E-state index contributed by atoms with van der Waals surface area (Å²) in [6.07, 6.45) is 5.72. The van der Waals surface area contributed by atoms with E-state index >= 15 is 0 Å². The lowest BCUT2D eigenvalue weighted by molar-refractivity contribution is -0.147. The number of hydrogen-bond acceptors (Lipinski definition) is 10. The van der Waals surface area contributed by atoms with Gasteiger partial charge in [-0.2, -0.15) is 0 Å². The molecule has 380 valence electrons. The summed E-state index contributed by atoms with van der Waals surface area (Å²) in [5, 5.41) is 18.5. The Bertz CT molecular complexity index is 1860. The molecule has 8 atom stereocenters. The van der Waals surface area contributed by atoms with Gasteiger partial charge in [-0.25, -0.2) is 9.59 Å². The van der Waals surface area contributed by atoms with E-state index in [1.165, 1.54) is 31.3 Å². The highest BCUT2D eigenvalue weighted by molar-refractivity contribution is 6.12. The van der Waals surface area contributed by atoms with Crippen molar-refractivity contribution in [1.29, 1.82) is 0 Å². The highest BCUT2D eigenvalue weighted by atomic mass is 16.5. The van der Waals surface area contributed by atoms with Gasteiger partial charge < -0.3 is 45.2 Å². The quantitative estimate of drug-likeness (QED) is 0.0660. The Morgan fingerprint density at radius 3 is 2.12 bits per heavy atom. The van der Waals surface area contributed by atoms with E-state index in [2.05, 4.69) is 16.0 Å². The zero-order chi connectivity index (χ0) is 50.7. The van der Waals surface area contributed by atoms with Crippen molar-refractivity contribution >= 4 is 47.4 Å². The maximum absolute atomic E-state index is 14.5. The molecule has 18 nitrogen and oxygen atoms in total. The van der Waals surface area contributed by atoms with Crippen molar-refractivity contribution < 1.29 is 52.9 Å². The van der Waals surface area contributed by atoms with Crippen LogP contribution in [0.15, 0.2) is 42.5 Å². The van der Waals surface area contributed by atoms with Crippen molar-refractivity contribution in [3.63, 3.8) is 0 Å². The molecule has 2 heterocycles. The van der Waals surface area contributed by atoms with Gasteiger partial charge in [-0.05, 0) is 63.4 Å². The van der Waals surface area contributed by atoms with Crippen LogP contribution in [0.2, 0.25) is 0 Å². The second-order valence-electron chi connectivity index (χ2n) is 18.8. The van der Waals surface area contributed by atoms with Crippen LogP contribution < -0.4 is 16.0 Å². The van der Waals surface area contributed by atoms with Gasteiger partial charge in [0.15, 0.2) is 0 Å². The summed E-state index contributed by atoms with van der Waals surface area (Å²) in [7, 11) is 4.67. The minimum Gasteiger partial charge on any atom is -0.480 e. The average molecular weight is 954 g/mol. The molecule has 0 radical (unpaired) electrons. The monoisotopic (exact) mass is 954 g/mol. The van der Waals surface area contributed by atoms with Crippen LogP contribution in [0.4, 0.5) is 4.79 Å². The Morgan fingerprint density at radius 2 is 1.54 bits per heavy atom. The number of carboxylic acids is 1. The van der Waals surface area contributed by atoms with E-state index in [4.69, 9.17) is 9.47 Å². The number of nitrogens with one attached hydrogen (secondary N) is 3. The van der Waals surface area contributed by atoms with Gasteiger partial charge in [0.2, 0.25) is 23.6 Å². The van der Waals surface area contributed by atoms with Crippen LogP contribution in [0.1, 0.15) is 112 Å². The van der Waals surface area contributed by atoms with Gasteiger partial charge in [-0.15, -0.1) is 0 Å². The summed E-state index contributed by atoms with van der Waals surface area (Å²) in [4.78, 5) is 110. The molecule has 0 aromatic heterocycles. The maximum Gasteiger partial charge on any atom is 0.326 e. The standard InChI is InChI=1S/C50H79N7O11/c1-11-34(6)45(39(67-9)31-43(61)56-28-18-22-38(56)46(68-10)35(7)47(62)52-37(49(64)65)30-36-20-14-12-15-21-36)54(8)48(63)44(32(2)3)53-50(66)55(33(4)5)29-19-26-51-40(58)23-16-13-17-27-57-41(59)24-25-42(57)60/h12,14-15,20-21,24-25,32-35,37-39,44-46H,11,13,16-19,22-23,26-31H2,1-10H3,(H,51,58)(H,52,62)(H,53,66)(H,64,65)/t34-,35+,37-,38-,39+,44-,45-,46+/m0/s1. The molecule has 3 rings (SSSR count). The van der Waals surface area contributed by atoms with Crippen LogP contribution in [0.5, 0.6) is 0 Å². The summed E-state index contributed by atoms with van der Waals surface area (Å²) in [5.41, 5.74) is 0.766. The number of carbonyl (C=O) groups excluding carboxylic acids is 7. The number of amides is 8. The number of aliphatic carboxylic acids is 1. The number of unbranched alkanes of at least 4 members (excludes halogenated alkanes) is 2. The van der Waals surface area contributed by atoms with E-state index in [0.29, 0.717) is 77.5 Å². The number of benzene rings is 1. The van der Waals surface area contributed by atoms with Gasteiger partial charge in [0, 0.05) is 78.5 Å². The van der Waals surface area contributed by atoms with Crippen LogP contribution in [0.3, 0.4) is 0 Å². The van der Waals surface area contributed by atoms with Crippen LogP contribution in [-0.2, 0) is 49.5 Å².